The average molecular weight is 188 g/mol. The number of halogens is 1. The van der Waals surface area contributed by atoms with Crippen LogP contribution in [0.2, 0.25) is 0 Å². The zero-order valence-corrected chi connectivity index (χ0v) is 7.55. The van der Waals surface area contributed by atoms with Gasteiger partial charge in [-0.2, -0.15) is 5.26 Å². The quantitative estimate of drug-likeness (QED) is 0.582. The second-order valence-electron chi connectivity index (χ2n) is 2.72. The van der Waals surface area contributed by atoms with Crippen molar-refractivity contribution in [1.82, 2.24) is 0 Å². The van der Waals surface area contributed by atoms with Crippen molar-refractivity contribution >= 4 is 5.69 Å². The lowest BCUT2D eigenvalue weighted by atomic mass is 10.2. The molecule has 14 heavy (non-hydrogen) atoms. The summed E-state index contributed by atoms with van der Waals surface area (Å²) in [6, 6.07) is 5.98. The molecule has 1 N–H and O–H groups in total. The van der Waals surface area contributed by atoms with E-state index in [1.54, 1.807) is 6.07 Å². The Morgan fingerprint density at radius 2 is 2.21 bits per heavy atom. The fourth-order valence-electron chi connectivity index (χ4n) is 1.04. The number of nitrogens with one attached hydrogen (secondary N) is 1. The third kappa shape index (κ3) is 2.80. The minimum Gasteiger partial charge on any atom is -0.384 e. The van der Waals surface area contributed by atoms with Crippen molar-refractivity contribution in [1.29, 1.82) is 5.26 Å². The van der Waals surface area contributed by atoms with Gasteiger partial charge < -0.3 is 5.32 Å². The van der Waals surface area contributed by atoms with Crippen LogP contribution >= 0.6 is 0 Å². The summed E-state index contributed by atoms with van der Waals surface area (Å²) in [5, 5.41) is 11.5. The molecular formula is C11H9FN2. The van der Waals surface area contributed by atoms with Gasteiger partial charge in [0.1, 0.15) is 5.82 Å². The number of nitriles is 1. The molecule has 0 fully saturated rings. The molecule has 0 unspecified atom stereocenters. The van der Waals surface area contributed by atoms with E-state index in [1.807, 2.05) is 6.07 Å². The van der Waals surface area contributed by atoms with Crippen LogP contribution in [0.25, 0.3) is 0 Å². The summed E-state index contributed by atoms with van der Waals surface area (Å²) in [7, 11) is 0. The fraction of sp³-hybridized carbons (Fsp3) is 0.182. The predicted molar refractivity (Wildman–Crippen MR) is 53.1 cm³/mol. The molecule has 0 saturated heterocycles. The molecule has 0 aliphatic rings. The third-order valence-corrected chi connectivity index (χ3v) is 1.63. The van der Waals surface area contributed by atoms with Crippen molar-refractivity contribution < 1.29 is 4.39 Å². The lowest BCUT2D eigenvalue weighted by Gasteiger charge is -2.04. The predicted octanol–water partition coefficient (Wildman–Crippen LogP) is 2.13. The summed E-state index contributed by atoms with van der Waals surface area (Å²) >= 11 is 0. The Kier molecular flexibility index (Phi) is 3.52. The average Bonchev–Trinajstić information content (AvgIpc) is 2.17. The number of rotatable bonds is 3. The van der Waals surface area contributed by atoms with Gasteiger partial charge in [0.25, 0.3) is 0 Å². The summed E-state index contributed by atoms with van der Waals surface area (Å²) in [6.07, 6.45) is 5.63. The van der Waals surface area contributed by atoms with E-state index >= 15 is 0 Å². The molecule has 0 radical (unpaired) electrons. The lowest BCUT2D eigenvalue weighted by Crippen LogP contribution is -2.00. The van der Waals surface area contributed by atoms with Crippen LogP contribution in [0, 0.1) is 29.5 Å². The van der Waals surface area contributed by atoms with Gasteiger partial charge in [-0.25, -0.2) is 4.39 Å². The maximum Gasteiger partial charge on any atom is 0.126 e. The van der Waals surface area contributed by atoms with E-state index in [4.69, 9.17) is 11.7 Å². The van der Waals surface area contributed by atoms with Crippen molar-refractivity contribution in [2.45, 2.75) is 6.42 Å². The van der Waals surface area contributed by atoms with Gasteiger partial charge in [-0.05, 0) is 18.2 Å². The molecule has 1 rings (SSSR count). The Bertz CT molecular complexity index is 399. The summed E-state index contributed by atoms with van der Waals surface area (Å²) in [5.41, 5.74) is 0.880. The van der Waals surface area contributed by atoms with Gasteiger partial charge in [-0.3, -0.25) is 0 Å². The number of hydrogen-bond donors (Lipinski definition) is 1. The summed E-state index contributed by atoms with van der Waals surface area (Å²) in [4.78, 5) is 0. The van der Waals surface area contributed by atoms with E-state index in [-0.39, 0.29) is 0 Å². The van der Waals surface area contributed by atoms with Crippen molar-refractivity contribution in [2.75, 3.05) is 11.9 Å². The minimum absolute atomic E-state index is 0.299. The van der Waals surface area contributed by atoms with Crippen LogP contribution in [0.3, 0.4) is 0 Å². The first-order valence-corrected chi connectivity index (χ1v) is 4.14. The molecule has 2 nitrogen and oxygen atoms in total. The van der Waals surface area contributed by atoms with Crippen LogP contribution in [-0.4, -0.2) is 6.54 Å². The molecule has 3 heteroatoms. The van der Waals surface area contributed by atoms with Crippen LogP contribution in [0.4, 0.5) is 10.1 Å². The molecule has 0 bridgehead atoms. The van der Waals surface area contributed by atoms with Crippen LogP contribution in [0.5, 0.6) is 0 Å². The zero-order chi connectivity index (χ0) is 10.4. The molecule has 1 aromatic rings. The number of anilines is 1. The highest BCUT2D eigenvalue weighted by atomic mass is 19.1. The highest BCUT2D eigenvalue weighted by molar-refractivity contribution is 5.49. The van der Waals surface area contributed by atoms with Gasteiger partial charge in [-0.15, -0.1) is 12.3 Å². The molecule has 0 aliphatic heterocycles. The highest BCUT2D eigenvalue weighted by Gasteiger charge is 1.98. The van der Waals surface area contributed by atoms with Crippen molar-refractivity contribution in [2.24, 2.45) is 0 Å². The molecule has 0 amide bonds. The Balaban J connectivity index is 2.74. The summed E-state index contributed by atoms with van der Waals surface area (Å²) in [5.74, 6) is 2.04. The van der Waals surface area contributed by atoms with Gasteiger partial charge in [-0.1, -0.05) is 0 Å². The maximum atomic E-state index is 12.9. The summed E-state index contributed by atoms with van der Waals surface area (Å²) < 4.78 is 12.9. The molecule has 0 heterocycles. The van der Waals surface area contributed by atoms with E-state index < -0.39 is 5.82 Å². The zero-order valence-electron chi connectivity index (χ0n) is 7.55. The van der Waals surface area contributed by atoms with Gasteiger partial charge in [0, 0.05) is 18.7 Å². The second-order valence-corrected chi connectivity index (χ2v) is 2.72. The molecular weight excluding hydrogens is 179 g/mol. The Labute approximate surface area is 82.4 Å². The van der Waals surface area contributed by atoms with E-state index in [2.05, 4.69) is 11.2 Å². The maximum absolute atomic E-state index is 12.9. The Hall–Kier alpha value is -2.00. The van der Waals surface area contributed by atoms with E-state index in [9.17, 15) is 4.39 Å². The fourth-order valence-corrected chi connectivity index (χ4v) is 1.04. The summed E-state index contributed by atoms with van der Waals surface area (Å²) in [6.45, 7) is 0.574. The standard InChI is InChI=1S/C11H9FN2/c1-2-3-4-14-11-6-9(8-13)5-10(12)7-11/h1,5-7,14H,3-4H2. The third-order valence-electron chi connectivity index (χ3n) is 1.63. The van der Waals surface area contributed by atoms with Crippen LogP contribution in [0.1, 0.15) is 12.0 Å². The second kappa shape index (κ2) is 4.89. The monoisotopic (exact) mass is 188 g/mol. The lowest BCUT2D eigenvalue weighted by molar-refractivity contribution is 0.628. The molecule has 0 atom stereocenters. The van der Waals surface area contributed by atoms with Crippen molar-refractivity contribution in [3.63, 3.8) is 0 Å². The first kappa shape index (κ1) is 10.1. The van der Waals surface area contributed by atoms with Crippen molar-refractivity contribution in [3.8, 4) is 18.4 Å². The van der Waals surface area contributed by atoms with E-state index in [1.165, 1.54) is 12.1 Å². The smallest absolute Gasteiger partial charge is 0.126 e. The number of nitrogens with zero attached hydrogens (tertiary/aromatic N) is 1. The van der Waals surface area contributed by atoms with Crippen LogP contribution in [0.15, 0.2) is 18.2 Å². The first-order chi connectivity index (χ1) is 6.76. The largest absolute Gasteiger partial charge is 0.384 e. The Morgan fingerprint density at radius 3 is 2.86 bits per heavy atom. The van der Waals surface area contributed by atoms with Gasteiger partial charge in [0.05, 0.1) is 11.6 Å². The highest BCUT2D eigenvalue weighted by Crippen LogP contribution is 2.13. The van der Waals surface area contributed by atoms with E-state index in [0.717, 1.165) is 0 Å². The van der Waals surface area contributed by atoms with Gasteiger partial charge in [0.15, 0.2) is 0 Å². The molecule has 0 aliphatic carbocycles. The van der Waals surface area contributed by atoms with E-state index in [0.29, 0.717) is 24.2 Å². The number of benzene rings is 1. The molecule has 0 spiro atoms. The SMILES string of the molecule is C#CCCNc1cc(F)cc(C#N)c1. The van der Waals surface area contributed by atoms with Crippen LogP contribution < -0.4 is 5.32 Å². The van der Waals surface area contributed by atoms with Gasteiger partial charge in [0.2, 0.25) is 0 Å². The minimum atomic E-state index is -0.424. The number of hydrogen-bond acceptors (Lipinski definition) is 2. The molecule has 70 valence electrons. The van der Waals surface area contributed by atoms with Gasteiger partial charge >= 0.3 is 0 Å². The Morgan fingerprint density at radius 1 is 1.43 bits per heavy atom. The molecule has 1 aromatic carbocycles. The molecule has 0 saturated carbocycles. The first-order valence-electron chi connectivity index (χ1n) is 4.14. The number of terminal acetylenes is 1. The topological polar surface area (TPSA) is 35.8 Å². The van der Waals surface area contributed by atoms with Crippen LogP contribution in [-0.2, 0) is 0 Å². The molecule has 0 aromatic heterocycles. The van der Waals surface area contributed by atoms with Crippen molar-refractivity contribution in [3.05, 3.63) is 29.6 Å². The normalized spacial score (nSPS) is 8.79.